The number of alkyl halides is 1. The molecule has 2 aliphatic heterocycles. The number of piperidine rings is 1. The Morgan fingerprint density at radius 3 is 2.41 bits per heavy atom. The Bertz CT molecular complexity index is 626. The molecule has 4 nitrogen and oxygen atoms in total. The molecule has 6 heteroatoms. The van der Waals surface area contributed by atoms with Crippen molar-refractivity contribution in [2.75, 3.05) is 19.6 Å². The van der Waals surface area contributed by atoms with Crippen LogP contribution in [-0.4, -0.2) is 42.8 Å². The number of hydrogen-bond donors (Lipinski definition) is 0. The summed E-state index contributed by atoms with van der Waals surface area (Å²) in [5, 5.41) is 0. The molecule has 22 heavy (non-hydrogen) atoms. The predicted molar refractivity (Wildman–Crippen MR) is 84.4 cm³/mol. The Kier molecular flexibility index (Phi) is 4.27. The molecular weight excluding hydrogens is 303 g/mol. The van der Waals surface area contributed by atoms with Gasteiger partial charge in [0.05, 0.1) is 6.04 Å². The lowest BCUT2D eigenvalue weighted by atomic mass is 9.87. The van der Waals surface area contributed by atoms with E-state index < -0.39 is 16.4 Å². The molecule has 2 atom stereocenters. The summed E-state index contributed by atoms with van der Waals surface area (Å²) in [5.41, 5.74) is 2.18. The van der Waals surface area contributed by atoms with Crippen molar-refractivity contribution in [3.8, 4) is 0 Å². The zero-order valence-electron chi connectivity index (χ0n) is 13.1. The van der Waals surface area contributed by atoms with Gasteiger partial charge in [0.25, 0.3) is 10.2 Å². The monoisotopic (exact) mass is 326 g/mol. The third-order valence-electron chi connectivity index (χ3n) is 4.73. The summed E-state index contributed by atoms with van der Waals surface area (Å²) in [6.07, 6.45) is 0.848. The van der Waals surface area contributed by atoms with E-state index in [9.17, 15) is 12.8 Å². The quantitative estimate of drug-likeness (QED) is 0.857. The molecular formula is C16H23FN2O2S. The van der Waals surface area contributed by atoms with Gasteiger partial charge in [-0.15, -0.1) is 0 Å². The summed E-state index contributed by atoms with van der Waals surface area (Å²) < 4.78 is 41.5. The van der Waals surface area contributed by atoms with E-state index in [1.54, 1.807) is 4.31 Å². The van der Waals surface area contributed by atoms with E-state index in [1.807, 2.05) is 31.2 Å². The van der Waals surface area contributed by atoms with Crippen LogP contribution >= 0.6 is 0 Å². The fourth-order valence-corrected chi connectivity index (χ4v) is 5.37. The second kappa shape index (κ2) is 5.91. The van der Waals surface area contributed by atoms with Gasteiger partial charge in [-0.25, -0.2) is 4.39 Å². The van der Waals surface area contributed by atoms with E-state index in [2.05, 4.69) is 6.92 Å². The van der Waals surface area contributed by atoms with Crippen LogP contribution in [0.2, 0.25) is 0 Å². The molecule has 0 saturated carbocycles. The fraction of sp³-hybridized carbons (Fsp3) is 0.625. The molecule has 2 saturated heterocycles. The van der Waals surface area contributed by atoms with Gasteiger partial charge in [-0.3, -0.25) is 0 Å². The van der Waals surface area contributed by atoms with Crippen LogP contribution in [0.4, 0.5) is 4.39 Å². The highest BCUT2D eigenvalue weighted by Gasteiger charge is 2.44. The number of benzene rings is 1. The predicted octanol–water partition coefficient (Wildman–Crippen LogP) is 2.67. The van der Waals surface area contributed by atoms with Crippen LogP contribution in [0.15, 0.2) is 24.3 Å². The van der Waals surface area contributed by atoms with Crippen LogP contribution < -0.4 is 0 Å². The maximum atomic E-state index is 13.1. The van der Waals surface area contributed by atoms with Gasteiger partial charge in [0.2, 0.25) is 0 Å². The van der Waals surface area contributed by atoms with Gasteiger partial charge in [0.1, 0.15) is 6.17 Å². The lowest BCUT2D eigenvalue weighted by molar-refractivity contribution is 0.115. The Balaban J connectivity index is 1.91. The molecule has 0 spiro atoms. The molecule has 0 radical (unpaired) electrons. The third kappa shape index (κ3) is 2.79. The zero-order chi connectivity index (χ0) is 15.9. The van der Waals surface area contributed by atoms with Gasteiger partial charge in [0.15, 0.2) is 0 Å². The smallest absolute Gasteiger partial charge is 0.245 e. The second-order valence-electron chi connectivity index (χ2n) is 6.51. The fourth-order valence-electron chi connectivity index (χ4n) is 3.39. The number of aryl methyl sites for hydroxylation is 1. The summed E-state index contributed by atoms with van der Waals surface area (Å²) in [6.45, 7) is 4.62. The first-order valence-electron chi connectivity index (χ1n) is 7.87. The Morgan fingerprint density at radius 1 is 1.18 bits per heavy atom. The van der Waals surface area contributed by atoms with Crippen molar-refractivity contribution in [2.45, 2.75) is 38.9 Å². The first-order chi connectivity index (χ1) is 10.4. The highest BCUT2D eigenvalue weighted by atomic mass is 32.2. The van der Waals surface area contributed by atoms with Crippen LogP contribution in [0.1, 0.15) is 36.9 Å². The number of halogens is 1. The van der Waals surface area contributed by atoms with Gasteiger partial charge < -0.3 is 0 Å². The first kappa shape index (κ1) is 15.9. The maximum Gasteiger partial charge on any atom is 0.282 e. The number of rotatable bonds is 3. The molecule has 1 aromatic rings. The minimum atomic E-state index is -3.57. The number of hydrogen-bond acceptors (Lipinski definition) is 2. The average Bonchev–Trinajstić information content (AvgIpc) is 2.45. The van der Waals surface area contributed by atoms with Crippen molar-refractivity contribution >= 4 is 10.2 Å². The molecule has 2 heterocycles. The molecule has 0 bridgehead atoms. The lowest BCUT2D eigenvalue weighted by Crippen LogP contribution is -2.58. The SMILES string of the molecule is Cc1ccc([C@@H]2[C@H](C)CCCN2S(=O)(=O)N2CC(F)C2)cc1. The third-order valence-corrected chi connectivity index (χ3v) is 6.69. The van der Waals surface area contributed by atoms with E-state index in [0.717, 1.165) is 24.0 Å². The van der Waals surface area contributed by atoms with Crippen molar-refractivity contribution in [2.24, 2.45) is 5.92 Å². The van der Waals surface area contributed by atoms with Crippen molar-refractivity contribution in [1.29, 1.82) is 0 Å². The molecule has 1 aromatic carbocycles. The molecule has 2 aliphatic rings. The average molecular weight is 326 g/mol. The molecule has 3 rings (SSSR count). The number of nitrogens with zero attached hydrogens (tertiary/aromatic N) is 2. The Morgan fingerprint density at radius 2 is 1.82 bits per heavy atom. The van der Waals surface area contributed by atoms with Gasteiger partial charge in [-0.1, -0.05) is 36.8 Å². The standard InChI is InChI=1S/C16H23FN2O2S/c1-12-5-7-14(8-6-12)16-13(2)4-3-9-19(16)22(20,21)18-10-15(17)11-18/h5-8,13,15-16H,3-4,9-11H2,1-2H3/t13-,16+/m1/s1. The summed E-state index contributed by atoms with van der Waals surface area (Å²) in [5.74, 6) is 0.258. The van der Waals surface area contributed by atoms with E-state index in [0.29, 0.717) is 6.54 Å². The molecule has 2 fully saturated rings. The lowest BCUT2D eigenvalue weighted by Gasteiger charge is -2.44. The van der Waals surface area contributed by atoms with Gasteiger partial charge in [-0.2, -0.15) is 17.0 Å². The van der Waals surface area contributed by atoms with Gasteiger partial charge in [-0.05, 0) is 31.2 Å². The van der Waals surface area contributed by atoms with Crippen molar-refractivity contribution in [3.63, 3.8) is 0 Å². The van der Waals surface area contributed by atoms with Gasteiger partial charge in [0, 0.05) is 19.6 Å². The van der Waals surface area contributed by atoms with E-state index >= 15 is 0 Å². The molecule has 0 aliphatic carbocycles. The van der Waals surface area contributed by atoms with Crippen LogP contribution in [-0.2, 0) is 10.2 Å². The summed E-state index contributed by atoms with van der Waals surface area (Å²) in [7, 11) is -3.57. The minimum Gasteiger partial charge on any atom is -0.245 e. The van der Waals surface area contributed by atoms with Crippen LogP contribution in [0.3, 0.4) is 0 Å². The molecule has 122 valence electrons. The van der Waals surface area contributed by atoms with Crippen molar-refractivity contribution < 1.29 is 12.8 Å². The topological polar surface area (TPSA) is 40.6 Å². The van der Waals surface area contributed by atoms with E-state index in [4.69, 9.17) is 0 Å². The molecule has 0 unspecified atom stereocenters. The summed E-state index contributed by atoms with van der Waals surface area (Å²) in [4.78, 5) is 0. The molecule has 0 amide bonds. The van der Waals surface area contributed by atoms with E-state index in [1.165, 1.54) is 4.31 Å². The normalized spacial score (nSPS) is 28.5. The summed E-state index contributed by atoms with van der Waals surface area (Å²) >= 11 is 0. The van der Waals surface area contributed by atoms with E-state index in [-0.39, 0.29) is 25.0 Å². The minimum absolute atomic E-state index is 0.00612. The van der Waals surface area contributed by atoms with Gasteiger partial charge >= 0.3 is 0 Å². The molecule has 0 aromatic heterocycles. The Hall–Kier alpha value is -0.980. The van der Waals surface area contributed by atoms with Crippen molar-refractivity contribution in [1.82, 2.24) is 8.61 Å². The Labute approximate surface area is 132 Å². The van der Waals surface area contributed by atoms with Crippen LogP contribution in [0.25, 0.3) is 0 Å². The van der Waals surface area contributed by atoms with Crippen LogP contribution in [0, 0.1) is 12.8 Å². The first-order valence-corrected chi connectivity index (χ1v) is 9.27. The highest BCUT2D eigenvalue weighted by molar-refractivity contribution is 7.86. The maximum absolute atomic E-state index is 13.1. The summed E-state index contributed by atoms with van der Waals surface area (Å²) in [6, 6.07) is 7.90. The molecule has 0 N–H and O–H groups in total. The second-order valence-corrected chi connectivity index (χ2v) is 8.39. The zero-order valence-corrected chi connectivity index (χ0v) is 13.9. The van der Waals surface area contributed by atoms with Crippen molar-refractivity contribution in [3.05, 3.63) is 35.4 Å². The largest absolute Gasteiger partial charge is 0.282 e. The highest BCUT2D eigenvalue weighted by Crippen LogP contribution is 2.39. The van der Waals surface area contributed by atoms with Crippen LogP contribution in [0.5, 0.6) is 0 Å².